The zero-order valence-electron chi connectivity index (χ0n) is 8.73. The molecule has 0 amide bonds. The number of hydrogen-bond donors (Lipinski definition) is 1. The molecule has 0 aliphatic rings. The van der Waals surface area contributed by atoms with Gasteiger partial charge in [0.15, 0.2) is 6.29 Å². The first-order chi connectivity index (χ1) is 6.63. The maximum absolute atomic E-state index is 9.41. The molecule has 0 spiro atoms. The van der Waals surface area contributed by atoms with Gasteiger partial charge < -0.3 is 14.6 Å². The molecule has 78 valence electrons. The van der Waals surface area contributed by atoms with Crippen molar-refractivity contribution in [2.24, 2.45) is 0 Å². The summed E-state index contributed by atoms with van der Waals surface area (Å²) >= 11 is 0. The molecule has 0 saturated heterocycles. The van der Waals surface area contributed by atoms with Gasteiger partial charge in [-0.1, -0.05) is 12.1 Å². The lowest BCUT2D eigenvalue weighted by Gasteiger charge is -2.13. The van der Waals surface area contributed by atoms with Crippen LogP contribution in [0.25, 0.3) is 0 Å². The molecule has 1 atom stereocenters. The molecule has 0 saturated carbocycles. The van der Waals surface area contributed by atoms with Gasteiger partial charge in [-0.25, -0.2) is 0 Å². The summed E-state index contributed by atoms with van der Waals surface area (Å²) in [7, 11) is 1.46. The van der Waals surface area contributed by atoms with Gasteiger partial charge in [-0.2, -0.15) is 0 Å². The molecule has 3 nitrogen and oxygen atoms in total. The summed E-state index contributed by atoms with van der Waals surface area (Å²) < 4.78 is 10.3. The Labute approximate surface area is 84.3 Å². The summed E-state index contributed by atoms with van der Waals surface area (Å²) in [5, 5.41) is 9.41. The van der Waals surface area contributed by atoms with Crippen LogP contribution < -0.4 is 4.74 Å². The third kappa shape index (κ3) is 3.01. The molecule has 0 aliphatic heterocycles. The minimum absolute atomic E-state index is 0.130. The molecular formula is C11H16O3. The molecule has 14 heavy (non-hydrogen) atoms. The van der Waals surface area contributed by atoms with Crippen molar-refractivity contribution in [1.82, 2.24) is 0 Å². The van der Waals surface area contributed by atoms with Crippen molar-refractivity contribution in [3.8, 4) is 5.75 Å². The summed E-state index contributed by atoms with van der Waals surface area (Å²) in [5.74, 6) is 0.744. The Morgan fingerprint density at radius 2 is 2.00 bits per heavy atom. The van der Waals surface area contributed by atoms with Crippen LogP contribution in [0.15, 0.2) is 24.3 Å². The van der Waals surface area contributed by atoms with Gasteiger partial charge in [0.2, 0.25) is 0 Å². The first kappa shape index (κ1) is 11.0. The molecule has 3 heteroatoms. The van der Waals surface area contributed by atoms with Crippen molar-refractivity contribution in [3.05, 3.63) is 29.8 Å². The number of aliphatic hydroxyl groups is 1. The summed E-state index contributed by atoms with van der Waals surface area (Å²) in [6.45, 7) is 3.92. The lowest BCUT2D eigenvalue weighted by Crippen LogP contribution is -2.06. The molecule has 1 N–H and O–H groups in total. The molecule has 0 bridgehead atoms. The highest BCUT2D eigenvalue weighted by atomic mass is 16.6. The fourth-order valence-corrected chi connectivity index (χ4v) is 1.15. The van der Waals surface area contributed by atoms with E-state index in [0.29, 0.717) is 5.56 Å². The molecule has 1 aromatic rings. The standard InChI is InChI=1S/C11H16O3/c1-8(2)14-10-6-4-5-9(7-10)11(12)13-3/h4-8,11-12H,1-3H3. The van der Waals surface area contributed by atoms with Crippen molar-refractivity contribution in [1.29, 1.82) is 0 Å². The largest absolute Gasteiger partial charge is 0.491 e. The minimum atomic E-state index is -0.884. The van der Waals surface area contributed by atoms with Crippen LogP contribution in [0.1, 0.15) is 25.7 Å². The van der Waals surface area contributed by atoms with Crippen LogP contribution in [0.4, 0.5) is 0 Å². The summed E-state index contributed by atoms with van der Waals surface area (Å²) in [5.41, 5.74) is 0.700. The maximum Gasteiger partial charge on any atom is 0.180 e. The van der Waals surface area contributed by atoms with Gasteiger partial charge in [0.05, 0.1) is 6.10 Å². The van der Waals surface area contributed by atoms with Gasteiger partial charge >= 0.3 is 0 Å². The first-order valence-corrected chi connectivity index (χ1v) is 4.61. The van der Waals surface area contributed by atoms with E-state index in [1.807, 2.05) is 26.0 Å². The second kappa shape index (κ2) is 4.98. The van der Waals surface area contributed by atoms with Crippen LogP contribution in [-0.2, 0) is 4.74 Å². The van der Waals surface area contributed by atoms with Gasteiger partial charge in [0, 0.05) is 12.7 Å². The van der Waals surface area contributed by atoms with E-state index in [1.54, 1.807) is 12.1 Å². The molecular weight excluding hydrogens is 180 g/mol. The van der Waals surface area contributed by atoms with Crippen molar-refractivity contribution in [3.63, 3.8) is 0 Å². The zero-order valence-corrected chi connectivity index (χ0v) is 8.73. The number of benzene rings is 1. The SMILES string of the molecule is COC(O)c1cccc(OC(C)C)c1. The average molecular weight is 196 g/mol. The summed E-state index contributed by atoms with van der Waals surface area (Å²) in [4.78, 5) is 0. The third-order valence-electron chi connectivity index (χ3n) is 1.74. The molecule has 0 radical (unpaired) electrons. The predicted octanol–water partition coefficient (Wildman–Crippen LogP) is 2.11. The zero-order chi connectivity index (χ0) is 10.6. The Balaban J connectivity index is 2.78. The Morgan fingerprint density at radius 3 is 2.57 bits per heavy atom. The lowest BCUT2D eigenvalue weighted by atomic mass is 10.2. The van der Waals surface area contributed by atoms with Crippen LogP contribution in [-0.4, -0.2) is 18.3 Å². The molecule has 1 unspecified atom stereocenters. The molecule has 0 heterocycles. The quantitative estimate of drug-likeness (QED) is 0.749. The topological polar surface area (TPSA) is 38.7 Å². The minimum Gasteiger partial charge on any atom is -0.491 e. The average Bonchev–Trinajstić information content (AvgIpc) is 2.16. The monoisotopic (exact) mass is 196 g/mol. The Hall–Kier alpha value is -1.06. The smallest absolute Gasteiger partial charge is 0.180 e. The van der Waals surface area contributed by atoms with Crippen LogP contribution in [0, 0.1) is 0 Å². The molecule has 1 aromatic carbocycles. The number of aliphatic hydroxyl groups excluding tert-OH is 1. The summed E-state index contributed by atoms with van der Waals surface area (Å²) in [6.07, 6.45) is -0.754. The van der Waals surface area contributed by atoms with Crippen LogP contribution in [0.5, 0.6) is 5.75 Å². The van der Waals surface area contributed by atoms with Crippen molar-refractivity contribution in [2.45, 2.75) is 26.2 Å². The maximum atomic E-state index is 9.41. The number of ether oxygens (including phenoxy) is 2. The van der Waals surface area contributed by atoms with E-state index in [0.717, 1.165) is 5.75 Å². The summed E-state index contributed by atoms with van der Waals surface area (Å²) in [6, 6.07) is 7.25. The first-order valence-electron chi connectivity index (χ1n) is 4.61. The molecule has 0 aromatic heterocycles. The second-order valence-electron chi connectivity index (χ2n) is 3.33. The molecule has 1 rings (SSSR count). The Morgan fingerprint density at radius 1 is 1.29 bits per heavy atom. The normalized spacial score (nSPS) is 12.9. The van der Waals surface area contributed by atoms with E-state index < -0.39 is 6.29 Å². The van der Waals surface area contributed by atoms with Gasteiger partial charge in [0.25, 0.3) is 0 Å². The molecule has 0 fully saturated rings. The van der Waals surface area contributed by atoms with Gasteiger partial charge in [0.1, 0.15) is 5.75 Å². The number of hydrogen-bond acceptors (Lipinski definition) is 3. The van der Waals surface area contributed by atoms with E-state index in [-0.39, 0.29) is 6.10 Å². The van der Waals surface area contributed by atoms with Crippen molar-refractivity contribution >= 4 is 0 Å². The van der Waals surface area contributed by atoms with E-state index in [2.05, 4.69) is 0 Å². The fourth-order valence-electron chi connectivity index (χ4n) is 1.15. The highest BCUT2D eigenvalue weighted by Crippen LogP contribution is 2.20. The highest BCUT2D eigenvalue weighted by molar-refractivity contribution is 5.29. The lowest BCUT2D eigenvalue weighted by molar-refractivity contribution is -0.0770. The van der Waals surface area contributed by atoms with Gasteiger partial charge in [-0.05, 0) is 26.0 Å². The van der Waals surface area contributed by atoms with E-state index in [1.165, 1.54) is 7.11 Å². The predicted molar refractivity (Wildman–Crippen MR) is 54.2 cm³/mol. The van der Waals surface area contributed by atoms with Gasteiger partial charge in [-0.15, -0.1) is 0 Å². The molecule has 0 aliphatic carbocycles. The number of methoxy groups -OCH3 is 1. The van der Waals surface area contributed by atoms with Crippen LogP contribution >= 0.6 is 0 Å². The Kier molecular flexibility index (Phi) is 3.92. The van der Waals surface area contributed by atoms with E-state index in [4.69, 9.17) is 9.47 Å². The van der Waals surface area contributed by atoms with Crippen molar-refractivity contribution in [2.75, 3.05) is 7.11 Å². The van der Waals surface area contributed by atoms with Crippen molar-refractivity contribution < 1.29 is 14.6 Å². The third-order valence-corrected chi connectivity index (χ3v) is 1.74. The van der Waals surface area contributed by atoms with Crippen LogP contribution in [0.2, 0.25) is 0 Å². The van der Waals surface area contributed by atoms with E-state index in [9.17, 15) is 5.11 Å². The van der Waals surface area contributed by atoms with E-state index >= 15 is 0 Å². The Bertz CT molecular complexity index is 284. The number of rotatable bonds is 4. The second-order valence-corrected chi connectivity index (χ2v) is 3.33. The van der Waals surface area contributed by atoms with Gasteiger partial charge in [-0.3, -0.25) is 0 Å². The fraction of sp³-hybridized carbons (Fsp3) is 0.455. The van der Waals surface area contributed by atoms with Crippen LogP contribution in [0.3, 0.4) is 0 Å². The highest BCUT2D eigenvalue weighted by Gasteiger charge is 2.06.